The molecule has 0 spiro atoms. The Labute approximate surface area is 178 Å². The van der Waals surface area contributed by atoms with Gasteiger partial charge in [0.15, 0.2) is 0 Å². The molecule has 1 heterocycles. The average molecular weight is 430 g/mol. The summed E-state index contributed by atoms with van der Waals surface area (Å²) in [7, 11) is 1.58. The zero-order valence-electron chi connectivity index (χ0n) is 15.7. The molecule has 0 aliphatic carbocycles. The van der Waals surface area contributed by atoms with Crippen LogP contribution in [0.4, 0.5) is 0 Å². The Hall–Kier alpha value is -3.09. The van der Waals surface area contributed by atoms with Crippen molar-refractivity contribution in [1.29, 1.82) is 0 Å². The van der Waals surface area contributed by atoms with Gasteiger partial charge in [0.1, 0.15) is 17.3 Å². The first-order chi connectivity index (χ1) is 13.8. The van der Waals surface area contributed by atoms with Gasteiger partial charge in [0.05, 0.1) is 18.5 Å². The SMILES string of the molecule is C=C1N=C(c2cccc(OC)c2)C=C(c2cc(Cl)cc(Cl)c2)N1/N=C(\C)C(=O)O. The van der Waals surface area contributed by atoms with Crippen molar-refractivity contribution in [3.05, 3.63) is 82.1 Å². The van der Waals surface area contributed by atoms with Crippen LogP contribution in [0.15, 0.2) is 71.0 Å². The molecule has 0 aromatic heterocycles. The molecule has 1 aliphatic heterocycles. The number of hydrogen-bond donors (Lipinski definition) is 1. The lowest BCUT2D eigenvalue weighted by atomic mass is 10.0. The van der Waals surface area contributed by atoms with E-state index in [4.69, 9.17) is 27.9 Å². The molecule has 29 heavy (non-hydrogen) atoms. The average Bonchev–Trinajstić information content (AvgIpc) is 2.68. The number of carboxylic acid groups (broad SMARTS) is 1. The Morgan fingerprint density at radius 2 is 1.86 bits per heavy atom. The second-order valence-electron chi connectivity index (χ2n) is 6.14. The van der Waals surface area contributed by atoms with Crippen LogP contribution in [0.25, 0.3) is 5.70 Å². The van der Waals surface area contributed by atoms with Crippen LogP contribution in [0.3, 0.4) is 0 Å². The molecule has 6 nitrogen and oxygen atoms in total. The van der Waals surface area contributed by atoms with Crippen LogP contribution in [-0.4, -0.2) is 34.6 Å². The number of carboxylic acids is 1. The summed E-state index contributed by atoms with van der Waals surface area (Å²) in [5, 5.41) is 15.6. The van der Waals surface area contributed by atoms with Crippen molar-refractivity contribution in [3.8, 4) is 5.75 Å². The van der Waals surface area contributed by atoms with Gasteiger partial charge in [0.2, 0.25) is 0 Å². The van der Waals surface area contributed by atoms with E-state index in [9.17, 15) is 9.90 Å². The van der Waals surface area contributed by atoms with Gasteiger partial charge in [-0.2, -0.15) is 5.10 Å². The van der Waals surface area contributed by atoms with E-state index < -0.39 is 5.97 Å². The highest BCUT2D eigenvalue weighted by molar-refractivity contribution is 6.35. The third-order valence-electron chi connectivity index (χ3n) is 4.08. The van der Waals surface area contributed by atoms with Crippen molar-refractivity contribution < 1.29 is 14.6 Å². The van der Waals surface area contributed by atoms with Gasteiger partial charge >= 0.3 is 5.97 Å². The fourth-order valence-electron chi connectivity index (χ4n) is 2.69. The van der Waals surface area contributed by atoms with Crippen LogP contribution < -0.4 is 4.74 Å². The third-order valence-corrected chi connectivity index (χ3v) is 4.52. The smallest absolute Gasteiger partial charge is 0.351 e. The molecule has 0 bridgehead atoms. The van der Waals surface area contributed by atoms with E-state index in [0.717, 1.165) is 5.56 Å². The van der Waals surface area contributed by atoms with Crippen molar-refractivity contribution in [2.24, 2.45) is 10.1 Å². The van der Waals surface area contributed by atoms with Crippen molar-refractivity contribution in [1.82, 2.24) is 5.01 Å². The number of rotatable bonds is 5. The van der Waals surface area contributed by atoms with E-state index >= 15 is 0 Å². The van der Waals surface area contributed by atoms with E-state index in [0.29, 0.717) is 32.8 Å². The van der Waals surface area contributed by atoms with E-state index in [1.54, 1.807) is 31.4 Å². The number of allylic oxidation sites excluding steroid dienone is 1. The molecule has 0 fully saturated rings. The maximum atomic E-state index is 11.3. The molecule has 0 unspecified atom stereocenters. The van der Waals surface area contributed by atoms with Gasteiger partial charge in [-0.05, 0) is 43.3 Å². The minimum absolute atomic E-state index is 0.120. The summed E-state index contributed by atoms with van der Waals surface area (Å²) in [6.07, 6.45) is 1.77. The van der Waals surface area contributed by atoms with Gasteiger partial charge in [0.25, 0.3) is 0 Å². The van der Waals surface area contributed by atoms with Gasteiger partial charge < -0.3 is 9.84 Å². The van der Waals surface area contributed by atoms with E-state index in [-0.39, 0.29) is 11.5 Å². The Bertz CT molecular complexity index is 1070. The Morgan fingerprint density at radius 3 is 2.48 bits per heavy atom. The number of hydrogen-bond acceptors (Lipinski definition) is 5. The van der Waals surface area contributed by atoms with Crippen molar-refractivity contribution in [3.63, 3.8) is 0 Å². The van der Waals surface area contributed by atoms with Crippen molar-refractivity contribution in [2.45, 2.75) is 6.92 Å². The molecule has 148 valence electrons. The third kappa shape index (κ3) is 4.67. The van der Waals surface area contributed by atoms with Crippen LogP contribution in [0.5, 0.6) is 5.75 Å². The summed E-state index contributed by atoms with van der Waals surface area (Å²) in [5.41, 5.74) is 2.47. The summed E-state index contributed by atoms with van der Waals surface area (Å²) in [5.74, 6) is -0.223. The number of methoxy groups -OCH3 is 1. The van der Waals surface area contributed by atoms with Gasteiger partial charge in [-0.25, -0.2) is 14.8 Å². The lowest BCUT2D eigenvalue weighted by Crippen LogP contribution is -2.23. The molecule has 8 heteroatoms. The number of aliphatic carboxylic acids is 1. The Morgan fingerprint density at radius 1 is 1.17 bits per heavy atom. The first kappa shape index (κ1) is 20.6. The molecule has 1 aliphatic rings. The first-order valence-corrected chi connectivity index (χ1v) is 9.23. The molecule has 0 saturated heterocycles. The number of aliphatic imine (C=N–C) groups is 1. The highest BCUT2D eigenvalue weighted by atomic mass is 35.5. The lowest BCUT2D eigenvalue weighted by Gasteiger charge is -2.27. The molecular weight excluding hydrogens is 413 g/mol. The molecule has 2 aromatic carbocycles. The van der Waals surface area contributed by atoms with Gasteiger partial charge in [-0.1, -0.05) is 41.9 Å². The summed E-state index contributed by atoms with van der Waals surface area (Å²) in [6, 6.07) is 12.4. The van der Waals surface area contributed by atoms with Crippen LogP contribution >= 0.6 is 23.2 Å². The molecular formula is C21H17Cl2N3O3. The minimum Gasteiger partial charge on any atom is -0.497 e. The number of hydrazone groups is 1. The summed E-state index contributed by atoms with van der Waals surface area (Å²) in [6.45, 7) is 5.34. The normalized spacial score (nSPS) is 14.4. The van der Waals surface area contributed by atoms with Gasteiger partial charge in [0, 0.05) is 21.2 Å². The predicted octanol–water partition coefficient (Wildman–Crippen LogP) is 5.08. The van der Waals surface area contributed by atoms with Crippen molar-refractivity contribution in [2.75, 3.05) is 7.11 Å². The topological polar surface area (TPSA) is 74.5 Å². The molecule has 2 aromatic rings. The van der Waals surface area contributed by atoms with Crippen LogP contribution in [0.2, 0.25) is 10.0 Å². The first-order valence-electron chi connectivity index (χ1n) is 8.47. The lowest BCUT2D eigenvalue weighted by molar-refractivity contribution is -0.129. The second-order valence-corrected chi connectivity index (χ2v) is 7.01. The second kappa shape index (κ2) is 8.51. The number of benzene rings is 2. The predicted molar refractivity (Wildman–Crippen MR) is 116 cm³/mol. The maximum absolute atomic E-state index is 11.3. The van der Waals surface area contributed by atoms with E-state index in [1.807, 2.05) is 24.3 Å². The molecule has 1 N–H and O–H groups in total. The molecule has 3 rings (SSSR count). The molecule has 0 radical (unpaired) electrons. The Balaban J connectivity index is 2.17. The number of carbonyl (C=O) groups is 1. The zero-order chi connectivity index (χ0) is 21.1. The van der Waals surface area contributed by atoms with Crippen molar-refractivity contribution >= 4 is 46.3 Å². The summed E-state index contributed by atoms with van der Waals surface area (Å²) < 4.78 is 5.29. The fourth-order valence-corrected chi connectivity index (χ4v) is 3.22. The molecule has 0 amide bonds. The standard InChI is InChI=1S/C21H17Cl2N3O3/c1-12(21(27)28)25-26-13(2)24-19(14-5-4-6-18(9-14)29-3)11-20(26)15-7-16(22)10-17(23)8-15/h4-11H,2H2,1,3H3,(H,27,28)/b25-12+. The number of nitrogens with zero attached hydrogens (tertiary/aromatic N) is 3. The van der Waals surface area contributed by atoms with Gasteiger partial charge in [-0.3, -0.25) is 0 Å². The van der Waals surface area contributed by atoms with Gasteiger partial charge in [-0.15, -0.1) is 0 Å². The highest BCUT2D eigenvalue weighted by Crippen LogP contribution is 2.33. The van der Waals surface area contributed by atoms with E-state index in [2.05, 4.69) is 16.7 Å². The fraction of sp³-hybridized carbons (Fsp3) is 0.0952. The number of halogens is 2. The highest BCUT2D eigenvalue weighted by Gasteiger charge is 2.23. The van der Waals surface area contributed by atoms with Crippen LogP contribution in [0.1, 0.15) is 18.1 Å². The largest absolute Gasteiger partial charge is 0.497 e. The zero-order valence-corrected chi connectivity index (χ0v) is 17.2. The summed E-state index contributed by atoms with van der Waals surface area (Å²) in [4.78, 5) is 15.8. The summed E-state index contributed by atoms with van der Waals surface area (Å²) >= 11 is 12.3. The minimum atomic E-state index is -1.15. The molecule has 0 saturated carbocycles. The van der Waals surface area contributed by atoms with Crippen LogP contribution in [0, 0.1) is 0 Å². The quantitative estimate of drug-likeness (QED) is 0.672. The van der Waals surface area contributed by atoms with Crippen LogP contribution in [-0.2, 0) is 4.79 Å². The monoisotopic (exact) mass is 429 g/mol. The maximum Gasteiger partial charge on any atom is 0.351 e. The van der Waals surface area contributed by atoms with E-state index in [1.165, 1.54) is 11.9 Å². The number of ether oxygens (including phenoxy) is 1. The molecule has 0 atom stereocenters. The Kier molecular flexibility index (Phi) is 6.06.